The molecule has 0 amide bonds. The molecule has 0 aliphatic rings. The molecule has 1 atom stereocenters. The van der Waals surface area contributed by atoms with Gasteiger partial charge in [-0.05, 0) is 53.1 Å². The summed E-state index contributed by atoms with van der Waals surface area (Å²) in [5, 5.41) is 9.58. The Balaban J connectivity index is 1.83. The molecule has 1 unspecified atom stereocenters. The van der Waals surface area contributed by atoms with Gasteiger partial charge in [-0.1, -0.05) is 17.7 Å². The number of nitrogens with one attached hydrogen (secondary N) is 1. The monoisotopic (exact) mass is 302 g/mol. The Bertz CT molecular complexity index is 710. The number of fused-ring (bicyclic) bond motifs is 1. The Kier molecular flexibility index (Phi) is 4.01. The van der Waals surface area contributed by atoms with Crippen LogP contribution in [-0.4, -0.2) is 4.98 Å². The van der Waals surface area contributed by atoms with Crippen LogP contribution in [0.25, 0.3) is 10.9 Å². The van der Waals surface area contributed by atoms with E-state index in [0.29, 0.717) is 6.04 Å². The number of rotatable bonds is 4. The van der Waals surface area contributed by atoms with Crippen molar-refractivity contribution in [3.8, 4) is 0 Å². The van der Waals surface area contributed by atoms with E-state index in [1.165, 1.54) is 11.1 Å². The lowest BCUT2D eigenvalue weighted by Gasteiger charge is -2.14. The first-order chi connectivity index (χ1) is 9.75. The fourth-order valence-corrected chi connectivity index (χ4v) is 3.21. The van der Waals surface area contributed by atoms with E-state index < -0.39 is 0 Å². The molecule has 0 saturated carbocycles. The molecule has 1 aromatic carbocycles. The van der Waals surface area contributed by atoms with Gasteiger partial charge in [-0.15, -0.1) is 0 Å². The molecule has 2 nitrogen and oxygen atoms in total. The van der Waals surface area contributed by atoms with Gasteiger partial charge in [-0.2, -0.15) is 11.3 Å². The van der Waals surface area contributed by atoms with Crippen LogP contribution < -0.4 is 5.32 Å². The van der Waals surface area contributed by atoms with Gasteiger partial charge >= 0.3 is 0 Å². The smallest absolute Gasteiger partial charge is 0.0761 e. The molecule has 3 rings (SSSR count). The molecule has 0 aliphatic carbocycles. The summed E-state index contributed by atoms with van der Waals surface area (Å²) in [6.45, 7) is 2.95. The van der Waals surface area contributed by atoms with Gasteiger partial charge in [0.05, 0.1) is 5.52 Å². The van der Waals surface area contributed by atoms with Crippen LogP contribution in [0.4, 0.5) is 0 Å². The minimum atomic E-state index is 0.329. The molecule has 0 spiro atoms. The number of thiophene rings is 1. The number of hydrogen-bond donors (Lipinski definition) is 1. The lowest BCUT2D eigenvalue weighted by Crippen LogP contribution is -2.17. The number of benzene rings is 1. The van der Waals surface area contributed by atoms with E-state index in [0.717, 1.165) is 22.5 Å². The summed E-state index contributed by atoms with van der Waals surface area (Å²) < 4.78 is 0. The third kappa shape index (κ3) is 2.70. The second-order valence-electron chi connectivity index (χ2n) is 4.77. The second-order valence-corrected chi connectivity index (χ2v) is 5.95. The molecule has 4 heteroatoms. The molecule has 2 heterocycles. The highest BCUT2D eigenvalue weighted by Crippen LogP contribution is 2.25. The minimum absolute atomic E-state index is 0.329. The third-order valence-electron chi connectivity index (χ3n) is 3.44. The van der Waals surface area contributed by atoms with Crippen molar-refractivity contribution in [2.45, 2.75) is 19.5 Å². The summed E-state index contributed by atoms with van der Waals surface area (Å²) >= 11 is 7.94. The van der Waals surface area contributed by atoms with Crippen molar-refractivity contribution in [1.82, 2.24) is 10.3 Å². The molecule has 2 aromatic heterocycles. The van der Waals surface area contributed by atoms with Gasteiger partial charge in [-0.25, -0.2) is 0 Å². The van der Waals surface area contributed by atoms with Crippen LogP contribution in [0.3, 0.4) is 0 Å². The van der Waals surface area contributed by atoms with Crippen molar-refractivity contribution in [1.29, 1.82) is 0 Å². The van der Waals surface area contributed by atoms with E-state index in [-0.39, 0.29) is 0 Å². The molecule has 0 aliphatic heterocycles. The number of halogens is 1. The topological polar surface area (TPSA) is 24.9 Å². The zero-order valence-electron chi connectivity index (χ0n) is 11.1. The van der Waals surface area contributed by atoms with Crippen LogP contribution >= 0.6 is 22.9 Å². The third-order valence-corrected chi connectivity index (χ3v) is 4.47. The number of hydrogen-bond acceptors (Lipinski definition) is 3. The second kappa shape index (κ2) is 5.92. The zero-order chi connectivity index (χ0) is 13.9. The van der Waals surface area contributed by atoms with E-state index in [4.69, 9.17) is 11.6 Å². The van der Waals surface area contributed by atoms with Crippen molar-refractivity contribution < 1.29 is 0 Å². The van der Waals surface area contributed by atoms with E-state index in [2.05, 4.69) is 34.1 Å². The van der Waals surface area contributed by atoms with E-state index >= 15 is 0 Å². The normalized spacial score (nSPS) is 12.7. The Labute approximate surface area is 127 Å². The average molecular weight is 303 g/mol. The Morgan fingerprint density at radius 1 is 1.30 bits per heavy atom. The van der Waals surface area contributed by atoms with Crippen LogP contribution in [-0.2, 0) is 6.54 Å². The van der Waals surface area contributed by atoms with E-state index in [9.17, 15) is 0 Å². The molecular formula is C16H15ClN2S. The predicted octanol–water partition coefficient (Wildman–Crippen LogP) is 4.80. The molecule has 0 fully saturated rings. The summed E-state index contributed by atoms with van der Waals surface area (Å²) in [5.41, 5.74) is 3.47. The van der Waals surface area contributed by atoms with Gasteiger partial charge in [-0.3, -0.25) is 4.98 Å². The molecule has 0 radical (unpaired) electrons. The van der Waals surface area contributed by atoms with Gasteiger partial charge in [0, 0.05) is 29.2 Å². The summed E-state index contributed by atoms with van der Waals surface area (Å²) in [4.78, 5) is 4.46. The zero-order valence-corrected chi connectivity index (χ0v) is 12.7. The summed E-state index contributed by atoms with van der Waals surface area (Å²) in [7, 11) is 0. The average Bonchev–Trinajstić information content (AvgIpc) is 3.01. The standard InChI is InChI=1S/C16H15ClN2S/c1-11(13-6-8-20-10-13)19-9-12-4-5-15(17)14-3-2-7-18-16(12)14/h2-8,10-11,19H,9H2,1H3. The number of nitrogens with zero attached hydrogens (tertiary/aromatic N) is 1. The number of aromatic nitrogens is 1. The van der Waals surface area contributed by atoms with Crippen molar-refractivity contribution in [3.63, 3.8) is 0 Å². The van der Waals surface area contributed by atoms with Gasteiger partial charge in [0.15, 0.2) is 0 Å². The van der Waals surface area contributed by atoms with Gasteiger partial charge in [0.2, 0.25) is 0 Å². The maximum Gasteiger partial charge on any atom is 0.0761 e. The van der Waals surface area contributed by atoms with Crippen molar-refractivity contribution >= 4 is 33.8 Å². The lowest BCUT2D eigenvalue weighted by atomic mass is 10.1. The quantitative estimate of drug-likeness (QED) is 0.749. The van der Waals surface area contributed by atoms with E-state index in [1.807, 2.05) is 30.5 Å². The molecule has 3 aromatic rings. The fraction of sp³-hybridized carbons (Fsp3) is 0.188. The molecule has 102 valence electrons. The minimum Gasteiger partial charge on any atom is -0.306 e. The summed E-state index contributed by atoms with van der Waals surface area (Å²) in [5.74, 6) is 0. The van der Waals surface area contributed by atoms with Crippen LogP contribution in [0.1, 0.15) is 24.1 Å². The molecule has 20 heavy (non-hydrogen) atoms. The highest BCUT2D eigenvalue weighted by molar-refractivity contribution is 7.07. The SMILES string of the molecule is CC(NCc1ccc(Cl)c2cccnc12)c1ccsc1. The molecule has 0 saturated heterocycles. The number of pyridine rings is 1. The fourth-order valence-electron chi connectivity index (χ4n) is 2.24. The summed E-state index contributed by atoms with van der Waals surface area (Å²) in [6, 6.07) is 10.4. The van der Waals surface area contributed by atoms with Gasteiger partial charge in [0.25, 0.3) is 0 Å². The van der Waals surface area contributed by atoms with Crippen LogP contribution in [0, 0.1) is 0 Å². The Morgan fingerprint density at radius 3 is 3.00 bits per heavy atom. The largest absolute Gasteiger partial charge is 0.306 e. The van der Waals surface area contributed by atoms with Gasteiger partial charge in [0.1, 0.15) is 0 Å². The van der Waals surface area contributed by atoms with Crippen LogP contribution in [0.5, 0.6) is 0 Å². The Hall–Kier alpha value is -1.42. The van der Waals surface area contributed by atoms with Crippen LogP contribution in [0.2, 0.25) is 5.02 Å². The highest BCUT2D eigenvalue weighted by atomic mass is 35.5. The maximum atomic E-state index is 6.21. The first-order valence-electron chi connectivity index (χ1n) is 6.53. The molecule has 1 N–H and O–H groups in total. The van der Waals surface area contributed by atoms with E-state index in [1.54, 1.807) is 11.3 Å². The van der Waals surface area contributed by atoms with Gasteiger partial charge < -0.3 is 5.32 Å². The maximum absolute atomic E-state index is 6.21. The lowest BCUT2D eigenvalue weighted by molar-refractivity contribution is 0.577. The first-order valence-corrected chi connectivity index (χ1v) is 7.85. The molecule has 0 bridgehead atoms. The molecular weight excluding hydrogens is 288 g/mol. The van der Waals surface area contributed by atoms with Crippen molar-refractivity contribution in [2.24, 2.45) is 0 Å². The first kappa shape index (κ1) is 13.6. The van der Waals surface area contributed by atoms with Crippen molar-refractivity contribution in [3.05, 3.63) is 63.4 Å². The van der Waals surface area contributed by atoms with Crippen LogP contribution in [0.15, 0.2) is 47.3 Å². The van der Waals surface area contributed by atoms with Crippen molar-refractivity contribution in [2.75, 3.05) is 0 Å². The Morgan fingerprint density at radius 2 is 2.20 bits per heavy atom. The summed E-state index contributed by atoms with van der Waals surface area (Å²) in [6.07, 6.45) is 1.81. The highest BCUT2D eigenvalue weighted by Gasteiger charge is 2.08. The predicted molar refractivity (Wildman–Crippen MR) is 86.3 cm³/mol.